The molecule has 1 saturated heterocycles. The fourth-order valence-corrected chi connectivity index (χ4v) is 4.80. The van der Waals surface area contributed by atoms with Gasteiger partial charge in [0.25, 0.3) is 0 Å². The van der Waals surface area contributed by atoms with E-state index in [0.29, 0.717) is 6.61 Å². The minimum atomic E-state index is -1.15. The van der Waals surface area contributed by atoms with E-state index in [1.807, 2.05) is 67.6 Å². The molecule has 3 aromatic rings. The number of likely N-dealkylation sites (tertiary alicyclic amines) is 1. The lowest BCUT2D eigenvalue weighted by Crippen LogP contribution is -2.43. The van der Waals surface area contributed by atoms with Gasteiger partial charge in [-0.15, -0.1) is 0 Å². The van der Waals surface area contributed by atoms with Crippen LogP contribution in [0.25, 0.3) is 0 Å². The Morgan fingerprint density at radius 3 is 2.00 bits per heavy atom. The van der Waals surface area contributed by atoms with Crippen LogP contribution in [0, 0.1) is 0 Å². The number of piperidine rings is 1. The Labute approximate surface area is 186 Å². The summed E-state index contributed by atoms with van der Waals surface area (Å²) in [5.41, 5.74) is 1.83. The van der Waals surface area contributed by atoms with E-state index < -0.39 is 5.60 Å². The van der Waals surface area contributed by atoms with Crippen LogP contribution in [0.1, 0.15) is 48.8 Å². The van der Waals surface area contributed by atoms with E-state index in [9.17, 15) is 5.11 Å². The van der Waals surface area contributed by atoms with Crippen LogP contribution < -0.4 is 4.74 Å². The molecule has 0 bridgehead atoms. The summed E-state index contributed by atoms with van der Waals surface area (Å²) in [5.74, 6) is 0.737. The molecular weight excluding hydrogens is 382 g/mol. The maximum Gasteiger partial charge on any atom is 0.123 e. The second kappa shape index (κ2) is 10.1. The van der Waals surface area contributed by atoms with Crippen molar-refractivity contribution in [3.05, 3.63) is 102 Å². The molecule has 1 heterocycles. The summed E-state index contributed by atoms with van der Waals surface area (Å²) in [5, 5.41) is 12.6. The molecule has 1 aliphatic rings. The predicted molar refractivity (Wildman–Crippen MR) is 127 cm³/mol. The molecule has 0 amide bonds. The summed E-state index contributed by atoms with van der Waals surface area (Å²) in [7, 11) is 0. The van der Waals surface area contributed by atoms with Crippen molar-refractivity contribution in [3.8, 4) is 5.75 Å². The highest BCUT2D eigenvalue weighted by atomic mass is 16.5. The molecule has 31 heavy (non-hydrogen) atoms. The van der Waals surface area contributed by atoms with E-state index in [1.165, 1.54) is 19.3 Å². The van der Waals surface area contributed by atoms with Crippen LogP contribution in [-0.2, 0) is 5.60 Å². The summed E-state index contributed by atoms with van der Waals surface area (Å²) in [6.07, 6.45) is 3.76. The number of ether oxygens (including phenoxy) is 1. The number of rotatable bonds is 8. The summed E-state index contributed by atoms with van der Waals surface area (Å²) in [6, 6.07) is 28.6. The van der Waals surface area contributed by atoms with Gasteiger partial charge in [-0.1, -0.05) is 79.2 Å². The highest BCUT2D eigenvalue weighted by Crippen LogP contribution is 2.43. The topological polar surface area (TPSA) is 32.7 Å². The second-order valence-electron chi connectivity index (χ2n) is 8.41. The van der Waals surface area contributed by atoms with Gasteiger partial charge in [0.05, 0.1) is 6.61 Å². The van der Waals surface area contributed by atoms with Gasteiger partial charge in [-0.3, -0.25) is 0 Å². The molecule has 2 atom stereocenters. The predicted octanol–water partition coefficient (Wildman–Crippen LogP) is 5.59. The van der Waals surface area contributed by atoms with Crippen LogP contribution in [0.4, 0.5) is 0 Å². The Kier molecular flexibility index (Phi) is 7.06. The van der Waals surface area contributed by atoms with Crippen LogP contribution in [0.2, 0.25) is 0 Å². The van der Waals surface area contributed by atoms with Crippen LogP contribution in [0.5, 0.6) is 5.75 Å². The molecule has 1 aliphatic heterocycles. The van der Waals surface area contributed by atoms with E-state index in [-0.39, 0.29) is 5.92 Å². The lowest BCUT2D eigenvalue weighted by molar-refractivity contribution is 0.0310. The lowest BCUT2D eigenvalue weighted by Gasteiger charge is -2.41. The van der Waals surface area contributed by atoms with E-state index in [4.69, 9.17) is 4.74 Å². The zero-order chi connectivity index (χ0) is 21.5. The number of nitrogens with zero attached hydrogens (tertiary/aromatic N) is 1. The van der Waals surface area contributed by atoms with Crippen molar-refractivity contribution in [1.29, 1.82) is 0 Å². The molecule has 3 nitrogen and oxygen atoms in total. The zero-order valence-electron chi connectivity index (χ0n) is 18.4. The van der Waals surface area contributed by atoms with Crippen molar-refractivity contribution >= 4 is 0 Å². The first-order valence-electron chi connectivity index (χ1n) is 11.5. The van der Waals surface area contributed by atoms with Crippen molar-refractivity contribution in [1.82, 2.24) is 4.90 Å². The number of benzene rings is 3. The van der Waals surface area contributed by atoms with Crippen molar-refractivity contribution in [2.24, 2.45) is 0 Å². The second-order valence-corrected chi connectivity index (χ2v) is 8.41. The monoisotopic (exact) mass is 415 g/mol. The summed E-state index contributed by atoms with van der Waals surface area (Å²) in [4.78, 5) is 2.52. The molecule has 0 unspecified atom stereocenters. The van der Waals surface area contributed by atoms with E-state index in [1.54, 1.807) is 0 Å². The van der Waals surface area contributed by atoms with Gasteiger partial charge < -0.3 is 14.7 Å². The summed E-state index contributed by atoms with van der Waals surface area (Å²) in [6.45, 7) is 5.62. The average Bonchev–Trinajstić information content (AvgIpc) is 2.84. The number of aliphatic hydroxyl groups is 1. The van der Waals surface area contributed by atoms with Gasteiger partial charge in [0.15, 0.2) is 0 Å². The Bertz CT molecular complexity index is 920. The minimum Gasteiger partial charge on any atom is -0.494 e. The van der Waals surface area contributed by atoms with Gasteiger partial charge in [0.1, 0.15) is 11.4 Å². The molecule has 0 aromatic heterocycles. The molecule has 0 saturated carbocycles. The summed E-state index contributed by atoms with van der Waals surface area (Å²) >= 11 is 0. The van der Waals surface area contributed by atoms with Gasteiger partial charge in [0, 0.05) is 12.5 Å². The molecule has 4 rings (SSSR count). The Hall–Kier alpha value is -2.62. The van der Waals surface area contributed by atoms with Crippen LogP contribution in [0.15, 0.2) is 84.9 Å². The van der Waals surface area contributed by atoms with Gasteiger partial charge in [0.2, 0.25) is 0 Å². The minimum absolute atomic E-state index is 0.0906. The van der Waals surface area contributed by atoms with Crippen molar-refractivity contribution in [2.45, 2.75) is 37.7 Å². The number of hydrogen-bond acceptors (Lipinski definition) is 3. The summed E-state index contributed by atoms with van der Waals surface area (Å²) < 4.78 is 5.66. The van der Waals surface area contributed by atoms with Gasteiger partial charge in [-0.05, 0) is 61.7 Å². The van der Waals surface area contributed by atoms with Crippen molar-refractivity contribution in [3.63, 3.8) is 0 Å². The molecule has 3 aromatic carbocycles. The first-order chi connectivity index (χ1) is 15.2. The molecule has 1 N–H and O–H groups in total. The maximum absolute atomic E-state index is 12.6. The largest absolute Gasteiger partial charge is 0.494 e. The average molecular weight is 416 g/mol. The van der Waals surface area contributed by atoms with Crippen molar-refractivity contribution < 1.29 is 9.84 Å². The SMILES string of the molecule is CCOc1ccc([C@](O)(c2ccccc2)[C@@H](CN2CCCCC2)c2ccccc2)cc1. The van der Waals surface area contributed by atoms with Crippen molar-refractivity contribution in [2.75, 3.05) is 26.2 Å². The quantitative estimate of drug-likeness (QED) is 0.520. The standard InChI is InChI=1S/C28H33NO2/c1-2-31-26-18-16-25(17-19-26)28(30,24-14-8-4-9-15-24)27(23-12-6-3-7-13-23)22-29-20-10-5-11-21-29/h3-4,6-9,12-19,27,30H,2,5,10-11,20-22H2,1H3/t27-,28+/m0/s1. The normalized spacial score (nSPS) is 17.6. The lowest BCUT2D eigenvalue weighted by atomic mass is 9.72. The molecule has 0 radical (unpaired) electrons. The zero-order valence-corrected chi connectivity index (χ0v) is 18.4. The van der Waals surface area contributed by atoms with Crippen LogP contribution in [-0.4, -0.2) is 36.2 Å². The molecule has 3 heteroatoms. The first-order valence-corrected chi connectivity index (χ1v) is 11.5. The molecular formula is C28H33NO2. The van der Waals surface area contributed by atoms with E-state index >= 15 is 0 Å². The number of hydrogen-bond donors (Lipinski definition) is 1. The Balaban J connectivity index is 1.81. The molecule has 0 spiro atoms. The fraction of sp³-hybridized carbons (Fsp3) is 0.357. The third-order valence-electron chi connectivity index (χ3n) is 6.42. The third-order valence-corrected chi connectivity index (χ3v) is 6.42. The third kappa shape index (κ3) is 4.84. The van der Waals surface area contributed by atoms with Gasteiger partial charge in [-0.25, -0.2) is 0 Å². The maximum atomic E-state index is 12.6. The van der Waals surface area contributed by atoms with E-state index in [2.05, 4.69) is 29.2 Å². The van der Waals surface area contributed by atoms with E-state index in [0.717, 1.165) is 42.1 Å². The van der Waals surface area contributed by atoms with Gasteiger partial charge >= 0.3 is 0 Å². The first kappa shape index (κ1) is 21.6. The highest BCUT2D eigenvalue weighted by molar-refractivity contribution is 5.43. The molecule has 1 fully saturated rings. The fourth-order valence-electron chi connectivity index (χ4n) is 4.80. The Morgan fingerprint density at radius 1 is 0.806 bits per heavy atom. The van der Waals surface area contributed by atoms with Crippen LogP contribution >= 0.6 is 0 Å². The Morgan fingerprint density at radius 2 is 1.39 bits per heavy atom. The molecule has 0 aliphatic carbocycles. The van der Waals surface area contributed by atoms with Gasteiger partial charge in [-0.2, -0.15) is 0 Å². The smallest absolute Gasteiger partial charge is 0.123 e. The molecule has 162 valence electrons. The highest BCUT2D eigenvalue weighted by Gasteiger charge is 2.42. The van der Waals surface area contributed by atoms with Crippen LogP contribution in [0.3, 0.4) is 0 Å².